The molecule has 1 N–H and O–H groups in total. The van der Waals surface area contributed by atoms with Crippen LogP contribution in [0.25, 0.3) is 5.69 Å². The van der Waals surface area contributed by atoms with E-state index < -0.39 is 4.92 Å². The van der Waals surface area contributed by atoms with E-state index in [1.807, 2.05) is 6.92 Å². The topological polar surface area (TPSA) is 103 Å². The summed E-state index contributed by atoms with van der Waals surface area (Å²) in [6.45, 7) is 2.10. The van der Waals surface area contributed by atoms with Gasteiger partial charge in [0.2, 0.25) is 5.91 Å². The Hall–Kier alpha value is -3.27. The fourth-order valence-corrected chi connectivity index (χ4v) is 3.64. The predicted octanol–water partition coefficient (Wildman–Crippen LogP) is 4.02. The Morgan fingerprint density at radius 3 is 2.50 bits per heavy atom. The first-order chi connectivity index (χ1) is 14.5. The van der Waals surface area contributed by atoms with Gasteiger partial charge >= 0.3 is 0 Å². The van der Waals surface area contributed by atoms with Gasteiger partial charge in [-0.25, -0.2) is 4.39 Å². The van der Waals surface area contributed by atoms with Gasteiger partial charge in [0.25, 0.3) is 5.69 Å². The molecule has 0 saturated carbocycles. The Bertz CT molecular complexity index is 1020. The lowest BCUT2D eigenvalue weighted by Gasteiger charge is -2.11. The van der Waals surface area contributed by atoms with Crippen LogP contribution >= 0.6 is 11.8 Å². The van der Waals surface area contributed by atoms with Gasteiger partial charge < -0.3 is 5.32 Å². The normalized spacial score (nSPS) is 10.7. The number of aromatic nitrogens is 3. The molecule has 0 aliphatic rings. The number of nitrogens with one attached hydrogen (secondary N) is 1. The minimum Gasteiger partial charge on any atom is -0.349 e. The summed E-state index contributed by atoms with van der Waals surface area (Å²) in [6, 6.07) is 12.2. The van der Waals surface area contributed by atoms with Gasteiger partial charge in [-0.2, -0.15) is 0 Å². The maximum absolute atomic E-state index is 13.1. The van der Waals surface area contributed by atoms with E-state index in [-0.39, 0.29) is 24.0 Å². The minimum atomic E-state index is -0.466. The highest BCUT2D eigenvalue weighted by Gasteiger charge is 2.16. The molecule has 1 heterocycles. The standard InChI is InChI=1S/C20H20FN5O3S/c1-2-3-19(27)22-12-18-23-24-20(30-13-14-4-6-15(21)7-5-14)25(18)16-8-10-17(11-9-16)26(28)29/h4-11H,2-3,12-13H2,1H3,(H,22,27). The second kappa shape index (κ2) is 9.97. The summed E-state index contributed by atoms with van der Waals surface area (Å²) < 4.78 is 14.9. The molecule has 3 rings (SSSR count). The summed E-state index contributed by atoms with van der Waals surface area (Å²) in [4.78, 5) is 22.3. The van der Waals surface area contributed by atoms with Crippen molar-refractivity contribution >= 4 is 23.4 Å². The van der Waals surface area contributed by atoms with Crippen molar-refractivity contribution in [3.05, 3.63) is 75.9 Å². The zero-order valence-electron chi connectivity index (χ0n) is 16.2. The van der Waals surface area contributed by atoms with Crippen LogP contribution in [0, 0.1) is 15.9 Å². The second-order valence-electron chi connectivity index (χ2n) is 6.45. The zero-order chi connectivity index (χ0) is 21.5. The number of hydrogen-bond donors (Lipinski definition) is 1. The summed E-state index contributed by atoms with van der Waals surface area (Å²) in [5, 5.41) is 22.7. The molecule has 0 aliphatic heterocycles. The van der Waals surface area contributed by atoms with Gasteiger partial charge in [-0.05, 0) is 36.2 Å². The van der Waals surface area contributed by atoms with Crippen LogP contribution in [0.4, 0.5) is 10.1 Å². The van der Waals surface area contributed by atoms with Gasteiger partial charge in [0.15, 0.2) is 11.0 Å². The number of carbonyl (C=O) groups excluding carboxylic acids is 1. The number of benzene rings is 2. The molecule has 0 unspecified atom stereocenters. The molecule has 0 saturated heterocycles. The molecule has 10 heteroatoms. The summed E-state index contributed by atoms with van der Waals surface area (Å²) >= 11 is 1.40. The molecule has 156 valence electrons. The number of halogens is 1. The molecule has 0 spiro atoms. The van der Waals surface area contributed by atoms with Gasteiger partial charge in [0.05, 0.1) is 11.5 Å². The molecule has 30 heavy (non-hydrogen) atoms. The fraction of sp³-hybridized carbons (Fsp3) is 0.250. The van der Waals surface area contributed by atoms with E-state index in [1.54, 1.807) is 28.8 Å². The van der Waals surface area contributed by atoms with Crippen molar-refractivity contribution in [1.29, 1.82) is 0 Å². The van der Waals surface area contributed by atoms with Crippen LogP contribution < -0.4 is 5.32 Å². The highest BCUT2D eigenvalue weighted by Crippen LogP contribution is 2.26. The number of nitrogens with zero attached hydrogens (tertiary/aromatic N) is 4. The number of rotatable bonds is 9. The van der Waals surface area contributed by atoms with Crippen molar-refractivity contribution in [3.63, 3.8) is 0 Å². The highest BCUT2D eigenvalue weighted by atomic mass is 32.2. The Morgan fingerprint density at radius 1 is 1.17 bits per heavy atom. The lowest BCUT2D eigenvalue weighted by molar-refractivity contribution is -0.384. The average molecular weight is 429 g/mol. The molecule has 0 aliphatic carbocycles. The molecule has 1 amide bonds. The smallest absolute Gasteiger partial charge is 0.269 e. The molecule has 1 aromatic heterocycles. The molecule has 0 fully saturated rings. The molecule has 3 aromatic rings. The van der Waals surface area contributed by atoms with Crippen LogP contribution in [-0.2, 0) is 17.1 Å². The first kappa shape index (κ1) is 21.4. The summed E-state index contributed by atoms with van der Waals surface area (Å²) in [6.07, 6.45) is 1.15. The molecule has 0 radical (unpaired) electrons. The third-order valence-corrected chi connectivity index (χ3v) is 5.22. The SMILES string of the molecule is CCCC(=O)NCc1nnc(SCc2ccc(F)cc2)n1-c1ccc([N+](=O)[O-])cc1. The molecular weight excluding hydrogens is 409 g/mol. The zero-order valence-corrected chi connectivity index (χ0v) is 17.1. The van der Waals surface area contributed by atoms with Crippen molar-refractivity contribution in [2.75, 3.05) is 0 Å². The Labute approximate surface area is 176 Å². The van der Waals surface area contributed by atoms with E-state index in [2.05, 4.69) is 15.5 Å². The molecule has 2 aromatic carbocycles. The third kappa shape index (κ3) is 5.41. The predicted molar refractivity (Wildman–Crippen MR) is 111 cm³/mol. The van der Waals surface area contributed by atoms with Gasteiger partial charge in [-0.15, -0.1) is 10.2 Å². The van der Waals surface area contributed by atoms with Crippen molar-refractivity contribution in [2.45, 2.75) is 37.2 Å². The number of non-ortho nitro benzene ring substituents is 1. The van der Waals surface area contributed by atoms with Gasteiger partial charge in [-0.3, -0.25) is 19.5 Å². The minimum absolute atomic E-state index is 0.0230. The van der Waals surface area contributed by atoms with Gasteiger partial charge in [0.1, 0.15) is 5.82 Å². The van der Waals surface area contributed by atoms with Crippen LogP contribution in [-0.4, -0.2) is 25.6 Å². The Balaban J connectivity index is 1.86. The van der Waals surface area contributed by atoms with Crippen LogP contribution in [0.3, 0.4) is 0 Å². The van der Waals surface area contributed by atoms with Crippen molar-refractivity contribution in [2.24, 2.45) is 0 Å². The lowest BCUT2D eigenvalue weighted by Crippen LogP contribution is -2.24. The van der Waals surface area contributed by atoms with Crippen molar-refractivity contribution < 1.29 is 14.1 Å². The second-order valence-corrected chi connectivity index (χ2v) is 7.39. The molecule has 0 atom stereocenters. The Morgan fingerprint density at radius 2 is 1.87 bits per heavy atom. The summed E-state index contributed by atoms with van der Waals surface area (Å²) in [5.74, 6) is 0.655. The fourth-order valence-electron chi connectivity index (χ4n) is 2.71. The van der Waals surface area contributed by atoms with Crippen LogP contribution in [0.1, 0.15) is 31.2 Å². The van der Waals surface area contributed by atoms with E-state index in [4.69, 9.17) is 0 Å². The largest absolute Gasteiger partial charge is 0.349 e. The number of carbonyl (C=O) groups is 1. The van der Waals surface area contributed by atoms with E-state index >= 15 is 0 Å². The molecule has 0 bridgehead atoms. The molecular formula is C20H20FN5O3S. The first-order valence-electron chi connectivity index (χ1n) is 9.31. The number of thioether (sulfide) groups is 1. The highest BCUT2D eigenvalue weighted by molar-refractivity contribution is 7.98. The average Bonchev–Trinajstić information content (AvgIpc) is 3.15. The summed E-state index contributed by atoms with van der Waals surface area (Å²) in [7, 11) is 0. The maximum Gasteiger partial charge on any atom is 0.269 e. The number of amides is 1. The van der Waals surface area contributed by atoms with E-state index in [0.717, 1.165) is 12.0 Å². The van der Waals surface area contributed by atoms with Crippen LogP contribution in [0.5, 0.6) is 0 Å². The monoisotopic (exact) mass is 429 g/mol. The quantitative estimate of drug-likeness (QED) is 0.313. The van der Waals surface area contributed by atoms with Crippen LogP contribution in [0.2, 0.25) is 0 Å². The van der Waals surface area contributed by atoms with Gasteiger partial charge in [0, 0.05) is 30.0 Å². The first-order valence-corrected chi connectivity index (χ1v) is 10.3. The molecule has 8 nitrogen and oxygen atoms in total. The lowest BCUT2D eigenvalue weighted by atomic mass is 10.2. The number of nitro benzene ring substituents is 1. The van der Waals surface area contributed by atoms with Crippen molar-refractivity contribution in [1.82, 2.24) is 20.1 Å². The van der Waals surface area contributed by atoms with Crippen LogP contribution in [0.15, 0.2) is 53.7 Å². The van der Waals surface area contributed by atoms with E-state index in [9.17, 15) is 19.3 Å². The summed E-state index contributed by atoms with van der Waals surface area (Å²) in [5.41, 5.74) is 1.54. The number of nitro groups is 1. The maximum atomic E-state index is 13.1. The van der Waals surface area contributed by atoms with Gasteiger partial charge in [-0.1, -0.05) is 30.8 Å². The van der Waals surface area contributed by atoms with E-state index in [1.165, 1.54) is 36.0 Å². The number of hydrogen-bond acceptors (Lipinski definition) is 6. The van der Waals surface area contributed by atoms with Crippen molar-refractivity contribution in [3.8, 4) is 5.69 Å². The third-order valence-electron chi connectivity index (χ3n) is 4.22. The van der Waals surface area contributed by atoms with E-state index in [0.29, 0.717) is 28.8 Å². The Kier molecular flexibility index (Phi) is 7.12.